The van der Waals surface area contributed by atoms with E-state index in [9.17, 15) is 23.2 Å². The standard InChI is InChI=1S/C33H34F2N2O5/c1-3-42-32(40)33(21-7-6-8-22(34)19-21)16-13-25(27-20-23(35)11-12-28(27)33)31(39)37-17-14-24(15-18-37)36-30(38)26-9-4-5-10-29(26)41-2/h4-12,19-20,24-25H,3,13-18H2,1-2H3,(H,36,38)/t25-,33?/m1/s1. The first kappa shape index (κ1) is 29.2. The lowest BCUT2D eigenvalue weighted by atomic mass is 9.63. The van der Waals surface area contributed by atoms with Crippen molar-refractivity contribution in [3.05, 3.63) is 101 Å². The van der Waals surface area contributed by atoms with Crippen molar-refractivity contribution < 1.29 is 32.6 Å². The largest absolute Gasteiger partial charge is 0.496 e. The van der Waals surface area contributed by atoms with Crippen molar-refractivity contribution in [2.45, 2.75) is 50.0 Å². The summed E-state index contributed by atoms with van der Waals surface area (Å²) in [5, 5.41) is 3.04. The summed E-state index contributed by atoms with van der Waals surface area (Å²) in [6, 6.07) is 16.8. The molecule has 0 bridgehead atoms. The van der Waals surface area contributed by atoms with E-state index in [2.05, 4.69) is 5.32 Å². The van der Waals surface area contributed by atoms with Crippen molar-refractivity contribution in [1.82, 2.24) is 10.2 Å². The summed E-state index contributed by atoms with van der Waals surface area (Å²) in [7, 11) is 1.51. The van der Waals surface area contributed by atoms with Gasteiger partial charge >= 0.3 is 5.97 Å². The predicted molar refractivity (Wildman–Crippen MR) is 152 cm³/mol. The van der Waals surface area contributed by atoms with Gasteiger partial charge in [0.15, 0.2) is 0 Å². The molecule has 2 atom stereocenters. The highest BCUT2D eigenvalue weighted by molar-refractivity contribution is 5.97. The SMILES string of the molecule is CCOC(=O)C1(c2cccc(F)c2)CC[C@@H](C(=O)N2CCC(NC(=O)c3ccccc3OC)CC2)c2cc(F)ccc21. The number of ether oxygens (including phenoxy) is 2. The fraction of sp³-hybridized carbons (Fsp3) is 0.364. The van der Waals surface area contributed by atoms with Gasteiger partial charge in [0.25, 0.3) is 5.91 Å². The molecule has 9 heteroatoms. The van der Waals surface area contributed by atoms with E-state index in [1.807, 2.05) is 0 Å². The van der Waals surface area contributed by atoms with Gasteiger partial charge in [0.1, 0.15) is 22.8 Å². The molecule has 1 N–H and O–H groups in total. The summed E-state index contributed by atoms with van der Waals surface area (Å²) >= 11 is 0. The minimum Gasteiger partial charge on any atom is -0.496 e. The van der Waals surface area contributed by atoms with Gasteiger partial charge in [0, 0.05) is 19.1 Å². The molecule has 0 spiro atoms. The van der Waals surface area contributed by atoms with Crippen LogP contribution in [0.25, 0.3) is 0 Å². The minimum absolute atomic E-state index is 0.119. The number of amides is 2. The summed E-state index contributed by atoms with van der Waals surface area (Å²) in [6.07, 6.45) is 1.58. The Balaban J connectivity index is 1.37. The highest BCUT2D eigenvalue weighted by Crippen LogP contribution is 2.49. The monoisotopic (exact) mass is 576 g/mol. The Morgan fingerprint density at radius 3 is 2.40 bits per heavy atom. The van der Waals surface area contributed by atoms with Gasteiger partial charge in [-0.1, -0.05) is 30.3 Å². The van der Waals surface area contributed by atoms with Crippen LogP contribution in [0.15, 0.2) is 66.7 Å². The van der Waals surface area contributed by atoms with Gasteiger partial charge in [0.05, 0.1) is 25.2 Å². The Morgan fingerprint density at radius 2 is 1.69 bits per heavy atom. The van der Waals surface area contributed by atoms with Crippen molar-refractivity contribution in [3.63, 3.8) is 0 Å². The van der Waals surface area contributed by atoms with Crippen molar-refractivity contribution in [2.24, 2.45) is 0 Å². The first-order valence-corrected chi connectivity index (χ1v) is 14.2. The van der Waals surface area contributed by atoms with Gasteiger partial charge in [-0.05, 0) is 85.7 Å². The van der Waals surface area contributed by atoms with Crippen molar-refractivity contribution in [3.8, 4) is 5.75 Å². The Kier molecular flexibility index (Phi) is 8.56. The van der Waals surface area contributed by atoms with Crippen molar-refractivity contribution in [2.75, 3.05) is 26.8 Å². The molecule has 42 heavy (non-hydrogen) atoms. The molecule has 3 aromatic carbocycles. The van der Waals surface area contributed by atoms with E-state index in [4.69, 9.17) is 9.47 Å². The van der Waals surface area contributed by atoms with Gasteiger partial charge < -0.3 is 19.7 Å². The number of benzene rings is 3. The summed E-state index contributed by atoms with van der Waals surface area (Å²) in [6.45, 7) is 2.66. The molecule has 1 aliphatic heterocycles. The molecule has 2 amide bonds. The second-order valence-corrected chi connectivity index (χ2v) is 10.7. The maximum Gasteiger partial charge on any atom is 0.321 e. The highest BCUT2D eigenvalue weighted by atomic mass is 19.1. The normalized spacial score (nSPS) is 20.4. The van der Waals surface area contributed by atoms with Crippen LogP contribution >= 0.6 is 0 Å². The summed E-state index contributed by atoms with van der Waals surface area (Å²) < 4.78 is 39.8. The van der Waals surface area contributed by atoms with E-state index in [1.54, 1.807) is 42.2 Å². The van der Waals surface area contributed by atoms with Crippen LogP contribution in [0.3, 0.4) is 0 Å². The average molecular weight is 577 g/mol. The van der Waals surface area contributed by atoms with E-state index in [1.165, 1.54) is 43.5 Å². The molecule has 2 aliphatic rings. The molecular weight excluding hydrogens is 542 g/mol. The van der Waals surface area contributed by atoms with Crippen molar-refractivity contribution in [1.29, 1.82) is 0 Å². The van der Waals surface area contributed by atoms with Gasteiger partial charge in [0.2, 0.25) is 5.91 Å². The Labute approximate surface area is 243 Å². The number of fused-ring (bicyclic) bond motifs is 1. The zero-order chi connectivity index (χ0) is 29.9. The topological polar surface area (TPSA) is 84.9 Å². The molecule has 5 rings (SSSR count). The Hall–Kier alpha value is -4.27. The fourth-order valence-corrected chi connectivity index (χ4v) is 6.32. The molecule has 1 saturated heterocycles. The number of likely N-dealkylation sites (tertiary alicyclic amines) is 1. The zero-order valence-corrected chi connectivity index (χ0v) is 23.7. The minimum atomic E-state index is -1.37. The number of para-hydroxylation sites is 1. The third kappa shape index (κ3) is 5.47. The summed E-state index contributed by atoms with van der Waals surface area (Å²) in [5.41, 5.74) is 0.356. The number of piperidine rings is 1. The van der Waals surface area contributed by atoms with Gasteiger partial charge in [-0.25, -0.2) is 8.78 Å². The van der Waals surface area contributed by atoms with Crippen molar-refractivity contribution >= 4 is 17.8 Å². The molecule has 220 valence electrons. The van der Waals surface area contributed by atoms with E-state index in [0.29, 0.717) is 53.9 Å². The number of methoxy groups -OCH3 is 1. The van der Waals surface area contributed by atoms with Crippen LogP contribution in [0.2, 0.25) is 0 Å². The average Bonchev–Trinajstić information content (AvgIpc) is 3.00. The number of carbonyl (C=O) groups excluding carboxylic acids is 3. The molecular formula is C33H34F2N2O5. The second kappa shape index (κ2) is 12.3. The summed E-state index contributed by atoms with van der Waals surface area (Å²) in [4.78, 5) is 42.0. The fourth-order valence-electron chi connectivity index (χ4n) is 6.32. The number of nitrogens with zero attached hydrogens (tertiary/aromatic N) is 1. The highest BCUT2D eigenvalue weighted by Gasteiger charge is 2.50. The quantitative estimate of drug-likeness (QED) is 0.395. The van der Waals surface area contributed by atoms with Gasteiger partial charge in [-0.3, -0.25) is 14.4 Å². The number of nitrogens with one attached hydrogen (secondary N) is 1. The van der Waals surface area contributed by atoms with Crippen LogP contribution in [-0.4, -0.2) is 55.5 Å². The maximum atomic E-state index is 14.7. The lowest BCUT2D eigenvalue weighted by Gasteiger charge is -2.42. The number of hydrogen-bond donors (Lipinski definition) is 1. The van der Waals surface area contributed by atoms with Crippen LogP contribution in [0.5, 0.6) is 5.75 Å². The van der Waals surface area contributed by atoms with Crippen LogP contribution in [0, 0.1) is 11.6 Å². The number of hydrogen-bond acceptors (Lipinski definition) is 5. The van der Waals surface area contributed by atoms with E-state index in [0.717, 1.165) is 0 Å². The first-order chi connectivity index (χ1) is 20.3. The molecule has 0 aromatic heterocycles. The lowest BCUT2D eigenvalue weighted by Crippen LogP contribution is -2.49. The molecule has 0 radical (unpaired) electrons. The number of esters is 1. The number of carbonyl (C=O) groups is 3. The molecule has 1 fully saturated rings. The lowest BCUT2D eigenvalue weighted by molar-refractivity contribution is -0.149. The van der Waals surface area contributed by atoms with E-state index >= 15 is 0 Å². The smallest absolute Gasteiger partial charge is 0.321 e. The molecule has 0 saturated carbocycles. The third-order valence-electron chi connectivity index (χ3n) is 8.39. The molecule has 1 heterocycles. The number of halogens is 2. The molecule has 1 aliphatic carbocycles. The first-order valence-electron chi connectivity index (χ1n) is 14.2. The summed E-state index contributed by atoms with van der Waals surface area (Å²) in [5.74, 6) is -2.16. The van der Waals surface area contributed by atoms with Crippen LogP contribution in [-0.2, 0) is 19.7 Å². The van der Waals surface area contributed by atoms with E-state index in [-0.39, 0.29) is 37.3 Å². The van der Waals surface area contributed by atoms with Crippen LogP contribution in [0.1, 0.15) is 65.6 Å². The molecule has 3 aromatic rings. The predicted octanol–water partition coefficient (Wildman–Crippen LogP) is 5.12. The van der Waals surface area contributed by atoms with E-state index < -0.39 is 28.9 Å². The van der Waals surface area contributed by atoms with Crippen LogP contribution in [0.4, 0.5) is 8.78 Å². The Bertz CT molecular complexity index is 1490. The third-order valence-corrected chi connectivity index (χ3v) is 8.39. The van der Waals surface area contributed by atoms with Gasteiger partial charge in [-0.15, -0.1) is 0 Å². The van der Waals surface area contributed by atoms with Crippen LogP contribution < -0.4 is 10.1 Å². The van der Waals surface area contributed by atoms with Gasteiger partial charge in [-0.2, -0.15) is 0 Å². The number of rotatable bonds is 7. The zero-order valence-electron chi connectivity index (χ0n) is 23.7. The molecule has 7 nitrogen and oxygen atoms in total. The maximum absolute atomic E-state index is 14.7. The Morgan fingerprint density at radius 1 is 0.952 bits per heavy atom. The second-order valence-electron chi connectivity index (χ2n) is 10.7. The molecule has 1 unspecified atom stereocenters.